The molecule has 6 nitrogen and oxygen atoms in total. The predicted octanol–water partition coefficient (Wildman–Crippen LogP) is 5.48. The lowest BCUT2D eigenvalue weighted by molar-refractivity contribution is -0.132. The number of aromatic nitrogens is 2. The Morgan fingerprint density at radius 2 is 1.82 bits per heavy atom. The first-order valence-electron chi connectivity index (χ1n) is 15.4. The molecule has 1 unspecified atom stereocenters. The number of carbonyl (C=O) groups excluding carboxylic acids is 1. The van der Waals surface area contributed by atoms with Gasteiger partial charge < -0.3 is 14.9 Å². The summed E-state index contributed by atoms with van der Waals surface area (Å²) in [6.45, 7) is 10.9. The number of carbonyl (C=O) groups is 1. The minimum atomic E-state index is -0.124. The van der Waals surface area contributed by atoms with Crippen LogP contribution in [0, 0.1) is 40.4 Å². The van der Waals surface area contributed by atoms with Crippen molar-refractivity contribution in [3.63, 3.8) is 0 Å². The Morgan fingerprint density at radius 3 is 2.58 bits per heavy atom. The molecular weight excluding hydrogens is 472 g/mol. The van der Waals surface area contributed by atoms with Gasteiger partial charge in [-0.1, -0.05) is 32.4 Å². The number of aliphatic hydroxyl groups excluding tert-OH is 1. The van der Waals surface area contributed by atoms with Crippen LogP contribution in [0.2, 0.25) is 0 Å². The van der Waals surface area contributed by atoms with Crippen LogP contribution >= 0.6 is 0 Å². The number of hydrogen-bond acceptors (Lipinski definition) is 5. The second-order valence-corrected chi connectivity index (χ2v) is 13.9. The lowest BCUT2D eigenvalue weighted by atomic mass is 9.47. The Bertz CT molecular complexity index is 1040. The maximum atomic E-state index is 13.2. The zero-order chi connectivity index (χ0) is 26.5. The number of allylic oxidation sites excluding steroid dienone is 1. The van der Waals surface area contributed by atoms with Crippen LogP contribution in [0.25, 0.3) is 0 Å². The quantitative estimate of drug-likeness (QED) is 0.521. The molecule has 4 aliphatic carbocycles. The third-order valence-electron chi connectivity index (χ3n) is 12.2. The Hall–Kier alpha value is -1.95. The van der Waals surface area contributed by atoms with Crippen molar-refractivity contribution in [2.75, 3.05) is 31.1 Å². The molecule has 1 saturated heterocycles. The Morgan fingerprint density at radius 1 is 1.05 bits per heavy atom. The second-order valence-electron chi connectivity index (χ2n) is 13.9. The van der Waals surface area contributed by atoms with Crippen LogP contribution in [0.4, 0.5) is 5.69 Å². The molecule has 1 aromatic heterocycles. The largest absolute Gasteiger partial charge is 0.393 e. The molecule has 2 heterocycles. The first kappa shape index (κ1) is 26.3. The molecular formula is C32H48N4O2. The van der Waals surface area contributed by atoms with Gasteiger partial charge in [-0.2, -0.15) is 0 Å². The van der Waals surface area contributed by atoms with Crippen molar-refractivity contribution < 1.29 is 9.90 Å². The lowest BCUT2D eigenvalue weighted by Crippen LogP contribution is -2.51. The van der Waals surface area contributed by atoms with Crippen LogP contribution < -0.4 is 4.90 Å². The van der Waals surface area contributed by atoms with E-state index in [1.807, 2.05) is 12.4 Å². The SMILES string of the molecule is CC(CCC(=O)N1CCN(c2cncnc2)CC1)[C@H]1CC[C@H]2[C@@H]3CC=C4C[C@@H](O)CC[C@]4(C)[C@H]3CC[C@]12C. The smallest absolute Gasteiger partial charge is 0.222 e. The Balaban J connectivity index is 1.04. The van der Waals surface area contributed by atoms with E-state index in [0.29, 0.717) is 29.1 Å². The normalized spacial score (nSPS) is 39.6. The van der Waals surface area contributed by atoms with Crippen LogP contribution in [0.15, 0.2) is 30.4 Å². The molecule has 1 aromatic rings. The van der Waals surface area contributed by atoms with Crippen molar-refractivity contribution in [2.24, 2.45) is 40.4 Å². The fraction of sp³-hybridized carbons (Fsp3) is 0.781. The number of fused-ring (bicyclic) bond motifs is 5. The Kier molecular flexibility index (Phi) is 7.07. The van der Waals surface area contributed by atoms with Crippen LogP contribution in [0.5, 0.6) is 0 Å². The van der Waals surface area contributed by atoms with E-state index in [-0.39, 0.29) is 6.10 Å². The fourth-order valence-corrected chi connectivity index (χ4v) is 10.00. The summed E-state index contributed by atoms with van der Waals surface area (Å²) in [5, 5.41) is 10.3. The summed E-state index contributed by atoms with van der Waals surface area (Å²) >= 11 is 0. The molecule has 0 radical (unpaired) electrons. The molecule has 38 heavy (non-hydrogen) atoms. The number of rotatable bonds is 5. The molecule has 0 aromatic carbocycles. The van der Waals surface area contributed by atoms with E-state index >= 15 is 0 Å². The summed E-state index contributed by atoms with van der Waals surface area (Å²) in [6.07, 6.45) is 19.1. The zero-order valence-electron chi connectivity index (χ0n) is 23.8. The molecule has 1 N–H and O–H groups in total. The third-order valence-corrected chi connectivity index (χ3v) is 12.2. The average Bonchev–Trinajstić information content (AvgIpc) is 3.30. The van der Waals surface area contributed by atoms with Gasteiger partial charge in [0.15, 0.2) is 0 Å². The monoisotopic (exact) mass is 520 g/mol. The van der Waals surface area contributed by atoms with Gasteiger partial charge in [0, 0.05) is 32.6 Å². The Labute approximate surface area is 229 Å². The zero-order valence-corrected chi connectivity index (χ0v) is 23.8. The van der Waals surface area contributed by atoms with Crippen LogP contribution in [-0.2, 0) is 4.79 Å². The standard InChI is InChI=1S/C32H48N4O2/c1-22(4-9-30(38)36-16-14-35(15-17-36)24-19-33-21-34-20-24)27-7-8-28-26-6-5-23-18-25(37)10-12-31(23,2)29(26)11-13-32(27,28)3/h5,19-22,25-29,37H,4,6-18H2,1-3H3/t22?,25-,26-,27+,28-,29-,31-,32+/m0/s1. The first-order chi connectivity index (χ1) is 18.3. The first-order valence-corrected chi connectivity index (χ1v) is 15.4. The van der Waals surface area contributed by atoms with E-state index in [9.17, 15) is 9.90 Å². The molecule has 1 aliphatic heterocycles. The van der Waals surface area contributed by atoms with E-state index in [2.05, 4.69) is 46.6 Å². The highest BCUT2D eigenvalue weighted by molar-refractivity contribution is 5.76. The molecule has 3 saturated carbocycles. The summed E-state index contributed by atoms with van der Waals surface area (Å²) < 4.78 is 0. The number of nitrogens with zero attached hydrogens (tertiary/aromatic N) is 4. The summed E-state index contributed by atoms with van der Waals surface area (Å²) in [4.78, 5) is 25.8. The molecule has 8 atom stereocenters. The number of amides is 1. The van der Waals surface area contributed by atoms with Crippen molar-refractivity contribution in [3.05, 3.63) is 30.4 Å². The van der Waals surface area contributed by atoms with E-state index in [0.717, 1.165) is 74.8 Å². The van der Waals surface area contributed by atoms with Gasteiger partial charge >= 0.3 is 0 Å². The highest BCUT2D eigenvalue weighted by Crippen LogP contribution is 2.67. The van der Waals surface area contributed by atoms with Crippen molar-refractivity contribution in [3.8, 4) is 0 Å². The maximum absolute atomic E-state index is 13.2. The van der Waals surface area contributed by atoms with Gasteiger partial charge in [0.25, 0.3) is 0 Å². The summed E-state index contributed by atoms with van der Waals surface area (Å²) in [5.41, 5.74) is 3.35. The van der Waals surface area contributed by atoms with E-state index < -0.39 is 0 Å². The maximum Gasteiger partial charge on any atom is 0.222 e. The second kappa shape index (κ2) is 10.2. The highest BCUT2D eigenvalue weighted by atomic mass is 16.3. The van der Waals surface area contributed by atoms with Crippen LogP contribution in [-0.4, -0.2) is 58.2 Å². The fourth-order valence-electron chi connectivity index (χ4n) is 10.00. The summed E-state index contributed by atoms with van der Waals surface area (Å²) in [5.74, 6) is 4.10. The van der Waals surface area contributed by atoms with Crippen molar-refractivity contribution >= 4 is 11.6 Å². The van der Waals surface area contributed by atoms with Gasteiger partial charge in [-0.3, -0.25) is 4.79 Å². The van der Waals surface area contributed by atoms with E-state index in [1.165, 1.54) is 38.5 Å². The van der Waals surface area contributed by atoms with E-state index in [1.54, 1.807) is 11.9 Å². The topological polar surface area (TPSA) is 69.6 Å². The van der Waals surface area contributed by atoms with Gasteiger partial charge in [0.2, 0.25) is 5.91 Å². The van der Waals surface area contributed by atoms with Gasteiger partial charge in [-0.15, -0.1) is 0 Å². The molecule has 208 valence electrons. The molecule has 6 rings (SSSR count). The highest BCUT2D eigenvalue weighted by Gasteiger charge is 2.59. The predicted molar refractivity (Wildman–Crippen MR) is 150 cm³/mol. The van der Waals surface area contributed by atoms with Crippen molar-refractivity contribution in [2.45, 2.75) is 91.1 Å². The lowest BCUT2D eigenvalue weighted by Gasteiger charge is -2.58. The molecule has 1 amide bonds. The average molecular weight is 521 g/mol. The molecule has 5 aliphatic rings. The summed E-state index contributed by atoms with van der Waals surface area (Å²) in [7, 11) is 0. The van der Waals surface area contributed by atoms with Crippen molar-refractivity contribution in [1.29, 1.82) is 0 Å². The number of aliphatic hydroxyl groups is 1. The van der Waals surface area contributed by atoms with Gasteiger partial charge in [-0.05, 0) is 98.2 Å². The van der Waals surface area contributed by atoms with Gasteiger partial charge in [0.1, 0.15) is 6.33 Å². The minimum absolute atomic E-state index is 0.124. The molecule has 0 spiro atoms. The molecule has 6 heteroatoms. The van der Waals surface area contributed by atoms with Crippen LogP contribution in [0.1, 0.15) is 85.0 Å². The summed E-state index contributed by atoms with van der Waals surface area (Å²) in [6, 6.07) is 0. The molecule has 4 fully saturated rings. The number of hydrogen-bond donors (Lipinski definition) is 1. The van der Waals surface area contributed by atoms with Gasteiger partial charge in [-0.25, -0.2) is 9.97 Å². The van der Waals surface area contributed by atoms with Gasteiger partial charge in [0.05, 0.1) is 24.2 Å². The minimum Gasteiger partial charge on any atom is -0.393 e. The number of anilines is 1. The van der Waals surface area contributed by atoms with E-state index in [4.69, 9.17) is 0 Å². The van der Waals surface area contributed by atoms with Crippen molar-refractivity contribution in [1.82, 2.24) is 14.9 Å². The number of piperazine rings is 1. The third kappa shape index (κ3) is 4.49. The molecule has 0 bridgehead atoms. The van der Waals surface area contributed by atoms with Crippen LogP contribution in [0.3, 0.4) is 0 Å².